The lowest BCUT2D eigenvalue weighted by Crippen LogP contribution is -2.56. The van der Waals surface area contributed by atoms with Crippen LogP contribution in [-0.4, -0.2) is 43.8 Å². The number of hydrogen-bond donors (Lipinski definition) is 0. The number of carbonyl (C=O) groups is 1. The van der Waals surface area contributed by atoms with Gasteiger partial charge in [0.1, 0.15) is 0 Å². The molecule has 0 atom stereocenters. The van der Waals surface area contributed by atoms with E-state index in [0.717, 1.165) is 10.0 Å². The SMILES string of the molecule is Cc1cc(C(=O)N2CC(S(C)(=O)=O)C2)cc(Cl)c1Br. The van der Waals surface area contributed by atoms with Crippen molar-refractivity contribution in [2.45, 2.75) is 12.2 Å². The fraction of sp³-hybridized carbons (Fsp3) is 0.417. The van der Waals surface area contributed by atoms with E-state index in [1.807, 2.05) is 6.92 Å². The zero-order valence-electron chi connectivity index (χ0n) is 10.5. The Morgan fingerprint density at radius 3 is 2.47 bits per heavy atom. The number of hydrogen-bond acceptors (Lipinski definition) is 3. The van der Waals surface area contributed by atoms with Crippen LogP contribution in [0.3, 0.4) is 0 Å². The van der Waals surface area contributed by atoms with Crippen LogP contribution in [0.1, 0.15) is 15.9 Å². The molecule has 0 bridgehead atoms. The maximum Gasteiger partial charge on any atom is 0.253 e. The molecule has 7 heteroatoms. The molecule has 0 saturated carbocycles. The first-order valence-corrected chi connectivity index (χ1v) is 8.76. The van der Waals surface area contributed by atoms with E-state index in [-0.39, 0.29) is 19.0 Å². The molecule has 0 unspecified atom stereocenters. The highest BCUT2D eigenvalue weighted by atomic mass is 79.9. The normalized spacial score (nSPS) is 16.3. The van der Waals surface area contributed by atoms with Crippen LogP contribution < -0.4 is 0 Å². The smallest absolute Gasteiger partial charge is 0.253 e. The molecule has 0 radical (unpaired) electrons. The van der Waals surface area contributed by atoms with Crippen molar-refractivity contribution in [3.8, 4) is 0 Å². The molecule has 1 saturated heterocycles. The minimum atomic E-state index is -3.07. The zero-order chi connectivity index (χ0) is 14.4. The van der Waals surface area contributed by atoms with Crippen molar-refractivity contribution in [2.24, 2.45) is 0 Å². The van der Waals surface area contributed by atoms with E-state index in [4.69, 9.17) is 11.6 Å². The molecular weight excluding hydrogens is 354 g/mol. The standard InChI is InChI=1S/C12H13BrClNO3S/c1-7-3-8(4-10(14)11(7)13)12(16)15-5-9(6-15)19(2,17)18/h3-4,9H,5-6H2,1-2H3. The number of benzene rings is 1. The number of nitrogens with zero attached hydrogens (tertiary/aromatic N) is 1. The predicted octanol–water partition coefficient (Wildman–Crippen LogP) is 2.28. The Hall–Kier alpha value is -0.590. The molecule has 1 aliphatic rings. The number of halogens is 2. The molecule has 1 aromatic rings. The van der Waals surface area contributed by atoms with Gasteiger partial charge in [0.2, 0.25) is 0 Å². The summed E-state index contributed by atoms with van der Waals surface area (Å²) >= 11 is 9.35. The van der Waals surface area contributed by atoms with E-state index in [9.17, 15) is 13.2 Å². The summed E-state index contributed by atoms with van der Waals surface area (Å²) in [5.74, 6) is -0.183. The first-order valence-electron chi connectivity index (χ1n) is 5.64. The minimum absolute atomic E-state index is 0.183. The van der Waals surface area contributed by atoms with Gasteiger partial charge in [-0.1, -0.05) is 11.6 Å². The minimum Gasteiger partial charge on any atom is -0.336 e. The Kier molecular flexibility index (Phi) is 3.95. The van der Waals surface area contributed by atoms with Gasteiger partial charge in [-0.25, -0.2) is 8.42 Å². The van der Waals surface area contributed by atoms with E-state index < -0.39 is 15.1 Å². The molecule has 1 fully saturated rings. The second kappa shape index (κ2) is 5.07. The molecule has 0 N–H and O–H groups in total. The molecule has 0 spiro atoms. The highest BCUT2D eigenvalue weighted by Gasteiger charge is 2.37. The Balaban J connectivity index is 2.15. The van der Waals surface area contributed by atoms with Gasteiger partial charge in [-0.15, -0.1) is 0 Å². The molecule has 0 aliphatic carbocycles. The molecule has 1 amide bonds. The highest BCUT2D eigenvalue weighted by Crippen LogP contribution is 2.29. The van der Waals surface area contributed by atoms with Crippen molar-refractivity contribution in [1.29, 1.82) is 0 Å². The average Bonchev–Trinajstić information content (AvgIpc) is 2.20. The summed E-state index contributed by atoms with van der Waals surface area (Å²) in [7, 11) is -3.07. The summed E-state index contributed by atoms with van der Waals surface area (Å²) in [6, 6.07) is 3.33. The summed E-state index contributed by atoms with van der Waals surface area (Å²) in [6.07, 6.45) is 1.19. The van der Waals surface area contributed by atoms with Crippen LogP contribution in [0.4, 0.5) is 0 Å². The van der Waals surface area contributed by atoms with Crippen LogP contribution >= 0.6 is 27.5 Å². The zero-order valence-corrected chi connectivity index (χ0v) is 13.6. The number of aryl methyl sites for hydroxylation is 1. The fourth-order valence-corrected chi connectivity index (χ4v) is 3.30. The van der Waals surface area contributed by atoms with Gasteiger partial charge in [0.05, 0.1) is 10.3 Å². The Morgan fingerprint density at radius 1 is 1.42 bits per heavy atom. The predicted molar refractivity (Wildman–Crippen MR) is 78.4 cm³/mol. The molecule has 1 aromatic carbocycles. The second-order valence-corrected chi connectivity index (χ2v) is 8.28. The largest absolute Gasteiger partial charge is 0.336 e. The molecule has 4 nitrogen and oxygen atoms in total. The first kappa shape index (κ1) is 14.8. The number of amides is 1. The van der Waals surface area contributed by atoms with Crippen molar-refractivity contribution in [3.63, 3.8) is 0 Å². The van der Waals surface area contributed by atoms with E-state index in [1.54, 1.807) is 12.1 Å². The van der Waals surface area contributed by atoms with Crippen molar-refractivity contribution < 1.29 is 13.2 Å². The lowest BCUT2D eigenvalue weighted by atomic mass is 10.1. The van der Waals surface area contributed by atoms with Gasteiger partial charge in [0.15, 0.2) is 9.84 Å². The monoisotopic (exact) mass is 365 g/mol. The van der Waals surface area contributed by atoms with Crippen LogP contribution in [0.25, 0.3) is 0 Å². The van der Waals surface area contributed by atoms with Crippen LogP contribution in [0.15, 0.2) is 16.6 Å². The first-order chi connectivity index (χ1) is 8.70. The molecule has 1 heterocycles. The van der Waals surface area contributed by atoms with Gasteiger partial charge in [-0.05, 0) is 40.5 Å². The highest BCUT2D eigenvalue weighted by molar-refractivity contribution is 9.10. The molecule has 104 valence electrons. The van der Waals surface area contributed by atoms with Gasteiger partial charge in [0, 0.05) is 29.4 Å². The summed E-state index contributed by atoms with van der Waals surface area (Å²) < 4.78 is 23.4. The maximum atomic E-state index is 12.2. The number of sulfone groups is 1. The second-order valence-electron chi connectivity index (χ2n) is 4.75. The van der Waals surface area contributed by atoms with Crippen LogP contribution in [0.5, 0.6) is 0 Å². The average molecular weight is 367 g/mol. The Labute approximate surface area is 125 Å². The lowest BCUT2D eigenvalue weighted by Gasteiger charge is -2.38. The van der Waals surface area contributed by atoms with E-state index in [1.165, 1.54) is 11.2 Å². The Morgan fingerprint density at radius 2 is 2.00 bits per heavy atom. The Bertz CT molecular complexity index is 615. The topological polar surface area (TPSA) is 54.5 Å². The van der Waals surface area contributed by atoms with Gasteiger partial charge in [-0.3, -0.25) is 4.79 Å². The van der Waals surface area contributed by atoms with Gasteiger partial charge < -0.3 is 4.90 Å². The molecule has 19 heavy (non-hydrogen) atoms. The fourth-order valence-electron chi connectivity index (χ4n) is 1.91. The van der Waals surface area contributed by atoms with Gasteiger partial charge in [0.25, 0.3) is 5.91 Å². The van der Waals surface area contributed by atoms with Crippen molar-refractivity contribution >= 4 is 43.3 Å². The third kappa shape index (κ3) is 2.95. The summed E-state index contributed by atoms with van der Waals surface area (Å²) in [5, 5.41) is 0.0343. The number of rotatable bonds is 2. The van der Waals surface area contributed by atoms with Gasteiger partial charge in [-0.2, -0.15) is 0 Å². The number of likely N-dealkylation sites (tertiary alicyclic amines) is 1. The van der Waals surface area contributed by atoms with Gasteiger partial charge >= 0.3 is 0 Å². The third-order valence-corrected chi connectivity index (χ3v) is 6.29. The maximum absolute atomic E-state index is 12.2. The lowest BCUT2D eigenvalue weighted by molar-refractivity contribution is 0.0659. The van der Waals surface area contributed by atoms with Crippen LogP contribution in [0, 0.1) is 6.92 Å². The van der Waals surface area contributed by atoms with Crippen molar-refractivity contribution in [2.75, 3.05) is 19.3 Å². The summed E-state index contributed by atoms with van der Waals surface area (Å²) in [5.41, 5.74) is 1.36. The summed E-state index contributed by atoms with van der Waals surface area (Å²) in [6.45, 7) is 2.36. The van der Waals surface area contributed by atoms with E-state index >= 15 is 0 Å². The van der Waals surface area contributed by atoms with Crippen molar-refractivity contribution in [1.82, 2.24) is 4.90 Å². The molecule has 0 aromatic heterocycles. The van der Waals surface area contributed by atoms with Crippen LogP contribution in [-0.2, 0) is 9.84 Å². The molecule has 2 rings (SSSR count). The quantitative estimate of drug-likeness (QED) is 0.807. The van der Waals surface area contributed by atoms with E-state index in [2.05, 4.69) is 15.9 Å². The van der Waals surface area contributed by atoms with Crippen LogP contribution in [0.2, 0.25) is 5.02 Å². The third-order valence-electron chi connectivity index (χ3n) is 3.20. The molecular formula is C12H13BrClNO3S. The van der Waals surface area contributed by atoms with Crippen molar-refractivity contribution in [3.05, 3.63) is 32.8 Å². The number of carbonyl (C=O) groups excluding carboxylic acids is 1. The summed E-state index contributed by atoms with van der Waals surface area (Å²) in [4.78, 5) is 13.7. The van der Waals surface area contributed by atoms with E-state index in [0.29, 0.717) is 10.6 Å². The molecule has 1 aliphatic heterocycles.